The van der Waals surface area contributed by atoms with Crippen molar-refractivity contribution >= 4 is 17.5 Å². The van der Waals surface area contributed by atoms with E-state index in [9.17, 15) is 4.79 Å². The maximum Gasteiger partial charge on any atom is 0.280 e. The number of carbonyl (C=O) groups is 1. The summed E-state index contributed by atoms with van der Waals surface area (Å²) >= 11 is 0. The number of hydrogen-bond acceptors (Lipinski definition) is 5. The van der Waals surface area contributed by atoms with Crippen molar-refractivity contribution in [2.24, 2.45) is 0 Å². The number of nitrogens with zero attached hydrogens (tertiary/aromatic N) is 2. The number of H-pyrrole nitrogens is 1. The normalized spacial score (nSPS) is 10.6. The molecular weight excluding hydrogens is 234 g/mol. The minimum absolute atomic E-state index is 0.174. The van der Waals surface area contributed by atoms with Gasteiger partial charge >= 0.3 is 0 Å². The first kappa shape index (κ1) is 12.2. The minimum Gasteiger partial charge on any atom is -0.395 e. The molecule has 0 atom stereocenters. The number of anilines is 2. The van der Waals surface area contributed by atoms with E-state index in [4.69, 9.17) is 10.3 Å². The van der Waals surface area contributed by atoms with Crippen LogP contribution in [-0.4, -0.2) is 21.3 Å². The number of amides is 1. The number of nitrogen functional groups attached to an aromatic ring is 1. The van der Waals surface area contributed by atoms with Gasteiger partial charge in [-0.2, -0.15) is 5.10 Å². The molecule has 0 aliphatic rings. The molecule has 0 saturated heterocycles. The zero-order valence-electron chi connectivity index (χ0n) is 10.3. The summed E-state index contributed by atoms with van der Waals surface area (Å²) in [7, 11) is 0. The van der Waals surface area contributed by atoms with Gasteiger partial charge in [0, 0.05) is 6.07 Å². The van der Waals surface area contributed by atoms with E-state index < -0.39 is 5.91 Å². The molecule has 0 aliphatic heterocycles. The van der Waals surface area contributed by atoms with Gasteiger partial charge in [0.2, 0.25) is 5.88 Å². The Morgan fingerprint density at radius 2 is 2.39 bits per heavy atom. The Balaban J connectivity index is 2.14. The van der Waals surface area contributed by atoms with Crippen LogP contribution < -0.4 is 11.1 Å². The predicted octanol–water partition coefficient (Wildman–Crippen LogP) is 1.49. The highest BCUT2D eigenvalue weighted by atomic mass is 16.5. The third-order valence-corrected chi connectivity index (χ3v) is 2.46. The van der Waals surface area contributed by atoms with Crippen LogP contribution in [0.25, 0.3) is 0 Å². The lowest BCUT2D eigenvalue weighted by atomic mass is 10.2. The molecule has 0 radical (unpaired) electrons. The van der Waals surface area contributed by atoms with Crippen LogP contribution in [0.5, 0.6) is 0 Å². The Labute approximate surface area is 104 Å². The number of hydrogen-bond donors (Lipinski definition) is 3. The molecule has 2 aromatic rings. The van der Waals surface area contributed by atoms with Crippen LogP contribution in [0.15, 0.2) is 10.6 Å². The quantitative estimate of drug-likeness (QED) is 0.760. The summed E-state index contributed by atoms with van der Waals surface area (Å²) in [4.78, 5) is 11.9. The van der Waals surface area contributed by atoms with Gasteiger partial charge in [-0.25, -0.2) is 0 Å². The third-order valence-electron chi connectivity index (χ3n) is 2.46. The molecule has 2 rings (SSSR count). The van der Waals surface area contributed by atoms with Gasteiger partial charge in [-0.3, -0.25) is 15.2 Å². The first-order valence-electron chi connectivity index (χ1n) is 5.69. The summed E-state index contributed by atoms with van der Waals surface area (Å²) < 4.78 is 4.89. The molecule has 2 heterocycles. The van der Waals surface area contributed by atoms with Crippen molar-refractivity contribution in [2.75, 3.05) is 11.1 Å². The molecule has 0 bridgehead atoms. The lowest BCUT2D eigenvalue weighted by molar-refractivity contribution is 0.102. The number of nitrogens with two attached hydrogens (primary N) is 1. The van der Waals surface area contributed by atoms with E-state index in [1.54, 1.807) is 13.0 Å². The van der Waals surface area contributed by atoms with Gasteiger partial charge < -0.3 is 10.3 Å². The van der Waals surface area contributed by atoms with Gasteiger partial charge in [-0.1, -0.05) is 18.5 Å². The number of carbonyl (C=O) groups excluding carboxylic acids is 1. The largest absolute Gasteiger partial charge is 0.395 e. The summed E-state index contributed by atoms with van der Waals surface area (Å²) in [6.45, 7) is 3.79. The molecule has 1 amide bonds. The van der Waals surface area contributed by atoms with Gasteiger partial charge in [0.1, 0.15) is 0 Å². The summed E-state index contributed by atoms with van der Waals surface area (Å²) in [5, 5.41) is 12.9. The number of nitrogens with one attached hydrogen (secondary N) is 2. The van der Waals surface area contributed by atoms with Crippen molar-refractivity contribution in [1.82, 2.24) is 15.4 Å². The fourth-order valence-electron chi connectivity index (χ4n) is 1.59. The Morgan fingerprint density at radius 3 is 3.00 bits per heavy atom. The highest BCUT2D eigenvalue weighted by Gasteiger charge is 2.18. The molecule has 0 aliphatic carbocycles. The number of rotatable bonds is 4. The van der Waals surface area contributed by atoms with E-state index in [1.165, 1.54) is 0 Å². The van der Waals surface area contributed by atoms with Crippen LogP contribution in [-0.2, 0) is 6.42 Å². The summed E-state index contributed by atoms with van der Waals surface area (Å²) in [6, 6.07) is 1.62. The molecule has 7 nitrogen and oxygen atoms in total. The minimum atomic E-state index is -0.415. The lowest BCUT2D eigenvalue weighted by Gasteiger charge is -1.99. The van der Waals surface area contributed by atoms with Crippen LogP contribution in [0.1, 0.15) is 35.2 Å². The molecule has 0 unspecified atom stereocenters. The molecule has 0 aromatic carbocycles. The first-order valence-corrected chi connectivity index (χ1v) is 5.69. The van der Waals surface area contributed by atoms with E-state index in [0.29, 0.717) is 11.4 Å². The topological polar surface area (TPSA) is 110 Å². The van der Waals surface area contributed by atoms with Crippen LogP contribution >= 0.6 is 0 Å². The van der Waals surface area contributed by atoms with E-state index in [2.05, 4.69) is 20.7 Å². The SMILES string of the molecule is CCCc1[nH]nc(C(=O)Nc2cc(C)no2)c1N. The van der Waals surface area contributed by atoms with Crippen LogP contribution in [0.4, 0.5) is 11.6 Å². The summed E-state index contributed by atoms with van der Waals surface area (Å²) in [5.74, 6) is -0.140. The van der Waals surface area contributed by atoms with Crippen molar-refractivity contribution in [1.29, 1.82) is 0 Å². The summed E-state index contributed by atoms with van der Waals surface area (Å²) in [5.41, 5.74) is 7.86. The zero-order valence-corrected chi connectivity index (χ0v) is 10.3. The highest BCUT2D eigenvalue weighted by Crippen LogP contribution is 2.17. The molecule has 7 heteroatoms. The standard InChI is InChI=1S/C11H15N5O2/c1-3-4-7-9(12)10(15-14-7)11(17)13-8-5-6(2)16-18-8/h5H,3-4,12H2,1-2H3,(H,13,17)(H,14,15). The average molecular weight is 249 g/mol. The molecule has 96 valence electrons. The molecular formula is C11H15N5O2. The molecule has 4 N–H and O–H groups in total. The Morgan fingerprint density at radius 1 is 1.61 bits per heavy atom. The second-order valence-electron chi connectivity index (χ2n) is 4.00. The Bertz CT molecular complexity index is 558. The average Bonchev–Trinajstić information content (AvgIpc) is 2.87. The molecule has 2 aromatic heterocycles. The highest BCUT2D eigenvalue weighted by molar-refractivity contribution is 6.05. The Hall–Kier alpha value is -2.31. The molecule has 0 saturated carbocycles. The Kier molecular flexibility index (Phi) is 3.31. The van der Waals surface area contributed by atoms with E-state index in [1.807, 2.05) is 6.92 Å². The maximum atomic E-state index is 11.9. The third kappa shape index (κ3) is 2.34. The summed E-state index contributed by atoms with van der Waals surface area (Å²) in [6.07, 6.45) is 1.68. The van der Waals surface area contributed by atoms with Crippen molar-refractivity contribution in [2.45, 2.75) is 26.7 Å². The smallest absolute Gasteiger partial charge is 0.280 e. The first-order chi connectivity index (χ1) is 8.61. The maximum absolute atomic E-state index is 11.9. The van der Waals surface area contributed by atoms with Crippen LogP contribution in [0.3, 0.4) is 0 Å². The van der Waals surface area contributed by atoms with Crippen molar-refractivity contribution < 1.29 is 9.32 Å². The van der Waals surface area contributed by atoms with E-state index in [0.717, 1.165) is 18.5 Å². The monoisotopic (exact) mass is 249 g/mol. The predicted molar refractivity (Wildman–Crippen MR) is 66.2 cm³/mol. The van der Waals surface area contributed by atoms with Gasteiger partial charge in [0.25, 0.3) is 5.91 Å². The van der Waals surface area contributed by atoms with Gasteiger partial charge in [0.05, 0.1) is 17.1 Å². The molecule has 0 spiro atoms. The number of aryl methyl sites for hydroxylation is 2. The fourth-order valence-corrected chi connectivity index (χ4v) is 1.59. The van der Waals surface area contributed by atoms with Gasteiger partial charge in [0.15, 0.2) is 5.69 Å². The van der Waals surface area contributed by atoms with Gasteiger partial charge in [-0.05, 0) is 13.3 Å². The van der Waals surface area contributed by atoms with E-state index >= 15 is 0 Å². The van der Waals surface area contributed by atoms with Crippen molar-refractivity contribution in [3.05, 3.63) is 23.1 Å². The number of aromatic amines is 1. The van der Waals surface area contributed by atoms with Crippen molar-refractivity contribution in [3.8, 4) is 0 Å². The number of aromatic nitrogens is 3. The fraction of sp³-hybridized carbons (Fsp3) is 0.364. The van der Waals surface area contributed by atoms with Crippen LogP contribution in [0.2, 0.25) is 0 Å². The lowest BCUT2D eigenvalue weighted by Crippen LogP contribution is -2.13. The zero-order chi connectivity index (χ0) is 13.1. The van der Waals surface area contributed by atoms with Crippen LogP contribution in [0, 0.1) is 6.92 Å². The van der Waals surface area contributed by atoms with Crippen molar-refractivity contribution in [3.63, 3.8) is 0 Å². The molecule has 0 fully saturated rings. The van der Waals surface area contributed by atoms with Gasteiger partial charge in [-0.15, -0.1) is 0 Å². The van der Waals surface area contributed by atoms with E-state index in [-0.39, 0.29) is 11.6 Å². The second-order valence-corrected chi connectivity index (χ2v) is 4.00. The second kappa shape index (κ2) is 4.91. The molecule has 18 heavy (non-hydrogen) atoms.